The fraction of sp³-hybridized carbons (Fsp3) is 0.696. The summed E-state index contributed by atoms with van der Waals surface area (Å²) in [7, 11) is -3.74. The third-order valence-electron chi connectivity index (χ3n) is 6.18. The van der Waals surface area contributed by atoms with Crippen LogP contribution in [0.3, 0.4) is 0 Å². The van der Waals surface area contributed by atoms with Crippen molar-refractivity contribution in [3.05, 3.63) is 28.3 Å². The lowest BCUT2D eigenvalue weighted by Gasteiger charge is -2.31. The minimum atomic E-state index is -3.74. The highest BCUT2D eigenvalue weighted by atomic mass is 32.2. The van der Waals surface area contributed by atoms with Gasteiger partial charge in [0, 0.05) is 12.2 Å². The second-order valence-corrected chi connectivity index (χ2v) is 11.3. The maximum Gasteiger partial charge on any atom is 0.332 e. The van der Waals surface area contributed by atoms with Gasteiger partial charge in [0.2, 0.25) is 10.0 Å². The van der Waals surface area contributed by atoms with Gasteiger partial charge in [0.1, 0.15) is 0 Å². The summed E-state index contributed by atoms with van der Waals surface area (Å²) in [5.41, 5.74) is 5.43. The standard InChI is InChI=1S/C23H37N3O3S/c1-5-13-26(6-2)15-23(3,4)16-30(28,29)25-22(27)24-21-19-11-7-9-17(19)14-18-10-8-12-20(18)21/h14H,5-13,15-16H2,1-4H3,(H2,24,25,27). The lowest BCUT2D eigenvalue weighted by atomic mass is 9.95. The number of nitrogens with one attached hydrogen (secondary N) is 2. The quantitative estimate of drug-likeness (QED) is 0.617. The lowest BCUT2D eigenvalue weighted by molar-refractivity contribution is 0.201. The Labute approximate surface area is 181 Å². The number of fused-ring (bicyclic) bond motifs is 2. The first-order valence-corrected chi connectivity index (χ1v) is 13.0. The first-order valence-electron chi connectivity index (χ1n) is 11.3. The molecule has 0 saturated carbocycles. The monoisotopic (exact) mass is 435 g/mol. The van der Waals surface area contributed by atoms with Crippen LogP contribution in [-0.2, 0) is 35.7 Å². The molecule has 0 heterocycles. The molecule has 0 radical (unpaired) electrons. The number of benzene rings is 1. The molecule has 0 spiro atoms. The molecule has 0 fully saturated rings. The van der Waals surface area contributed by atoms with E-state index >= 15 is 0 Å². The zero-order chi connectivity index (χ0) is 21.9. The van der Waals surface area contributed by atoms with Crippen LogP contribution in [0.4, 0.5) is 10.5 Å². The molecule has 30 heavy (non-hydrogen) atoms. The van der Waals surface area contributed by atoms with Crippen molar-refractivity contribution < 1.29 is 13.2 Å². The summed E-state index contributed by atoms with van der Waals surface area (Å²) in [6, 6.07) is 1.66. The van der Waals surface area contributed by atoms with E-state index in [1.807, 2.05) is 13.8 Å². The summed E-state index contributed by atoms with van der Waals surface area (Å²) >= 11 is 0. The number of aryl methyl sites for hydroxylation is 2. The van der Waals surface area contributed by atoms with Gasteiger partial charge >= 0.3 is 6.03 Å². The molecule has 1 aromatic carbocycles. The average Bonchev–Trinajstić information content (AvgIpc) is 3.28. The summed E-state index contributed by atoms with van der Waals surface area (Å²) in [4.78, 5) is 14.9. The van der Waals surface area contributed by atoms with Gasteiger partial charge in [-0.15, -0.1) is 0 Å². The number of urea groups is 1. The Morgan fingerprint density at radius 2 is 1.67 bits per heavy atom. The number of rotatable bonds is 9. The van der Waals surface area contributed by atoms with Crippen LogP contribution in [0.25, 0.3) is 0 Å². The molecule has 0 aliphatic heterocycles. The van der Waals surface area contributed by atoms with Crippen molar-refractivity contribution in [3.8, 4) is 0 Å². The number of anilines is 1. The van der Waals surface area contributed by atoms with Crippen molar-refractivity contribution in [2.24, 2.45) is 5.41 Å². The van der Waals surface area contributed by atoms with Crippen LogP contribution in [0.15, 0.2) is 6.07 Å². The predicted molar refractivity (Wildman–Crippen MR) is 123 cm³/mol. The van der Waals surface area contributed by atoms with Crippen molar-refractivity contribution in [2.75, 3.05) is 30.7 Å². The Bertz CT molecular complexity index is 861. The molecule has 0 bridgehead atoms. The van der Waals surface area contributed by atoms with Gasteiger partial charge in [0.05, 0.1) is 5.75 Å². The second-order valence-electron chi connectivity index (χ2n) is 9.58. The maximum atomic E-state index is 12.8. The lowest BCUT2D eigenvalue weighted by Crippen LogP contribution is -2.44. The SMILES string of the molecule is CCCN(CC)CC(C)(C)CS(=O)(=O)NC(=O)Nc1c2c(cc3c1CCC3)CCC2. The molecule has 1 aromatic rings. The number of carbonyl (C=O) groups excluding carboxylic acids is 1. The average molecular weight is 436 g/mol. The fourth-order valence-corrected chi connectivity index (χ4v) is 6.64. The highest BCUT2D eigenvalue weighted by molar-refractivity contribution is 7.90. The molecule has 7 heteroatoms. The van der Waals surface area contributed by atoms with Gasteiger partial charge in [-0.1, -0.05) is 33.8 Å². The van der Waals surface area contributed by atoms with Gasteiger partial charge in [-0.2, -0.15) is 0 Å². The Morgan fingerprint density at radius 1 is 1.07 bits per heavy atom. The molecule has 2 N–H and O–H groups in total. The van der Waals surface area contributed by atoms with Gasteiger partial charge in [-0.25, -0.2) is 17.9 Å². The predicted octanol–water partition coefficient (Wildman–Crippen LogP) is 3.87. The van der Waals surface area contributed by atoms with Crippen molar-refractivity contribution in [1.82, 2.24) is 9.62 Å². The fourth-order valence-electron chi connectivity index (χ4n) is 5.11. The van der Waals surface area contributed by atoms with E-state index in [1.165, 1.54) is 22.3 Å². The van der Waals surface area contributed by atoms with Gasteiger partial charge in [-0.3, -0.25) is 0 Å². The van der Waals surface area contributed by atoms with E-state index < -0.39 is 21.5 Å². The summed E-state index contributed by atoms with van der Waals surface area (Å²) in [6.45, 7) is 10.6. The minimum absolute atomic E-state index is 0.0847. The highest BCUT2D eigenvalue weighted by Gasteiger charge is 2.30. The molecule has 0 unspecified atom stereocenters. The van der Waals surface area contributed by atoms with E-state index in [2.05, 4.69) is 34.9 Å². The Balaban J connectivity index is 1.68. The van der Waals surface area contributed by atoms with E-state index in [4.69, 9.17) is 0 Å². The molecule has 2 aliphatic rings. The van der Waals surface area contributed by atoms with E-state index in [-0.39, 0.29) is 5.75 Å². The van der Waals surface area contributed by atoms with Crippen molar-refractivity contribution >= 4 is 21.7 Å². The first-order chi connectivity index (χ1) is 14.1. The molecule has 2 amide bonds. The molecule has 168 valence electrons. The third-order valence-corrected chi connectivity index (χ3v) is 7.84. The van der Waals surface area contributed by atoms with Crippen LogP contribution in [0.5, 0.6) is 0 Å². The summed E-state index contributed by atoms with van der Waals surface area (Å²) in [6.07, 6.45) is 7.18. The summed E-state index contributed by atoms with van der Waals surface area (Å²) in [5.74, 6) is -0.0847. The Morgan fingerprint density at radius 3 is 2.20 bits per heavy atom. The van der Waals surface area contributed by atoms with E-state index in [1.54, 1.807) is 0 Å². The Kier molecular flexibility index (Phi) is 7.13. The van der Waals surface area contributed by atoms with Gasteiger partial charge in [0.25, 0.3) is 0 Å². The molecule has 2 aliphatic carbocycles. The zero-order valence-corrected chi connectivity index (χ0v) is 19.8. The van der Waals surface area contributed by atoms with E-state index in [0.717, 1.165) is 63.7 Å². The van der Waals surface area contributed by atoms with Crippen molar-refractivity contribution in [2.45, 2.75) is 72.6 Å². The second kappa shape index (κ2) is 9.27. The molecule has 0 saturated heterocycles. The highest BCUT2D eigenvalue weighted by Crippen LogP contribution is 2.38. The topological polar surface area (TPSA) is 78.5 Å². The number of amides is 2. The van der Waals surface area contributed by atoms with Crippen molar-refractivity contribution in [3.63, 3.8) is 0 Å². The van der Waals surface area contributed by atoms with E-state index in [9.17, 15) is 13.2 Å². The number of nitrogens with zero attached hydrogens (tertiary/aromatic N) is 1. The molecular formula is C23H37N3O3S. The third kappa shape index (κ3) is 5.55. The summed E-state index contributed by atoms with van der Waals surface area (Å²) < 4.78 is 27.8. The minimum Gasteiger partial charge on any atom is -0.307 e. The van der Waals surface area contributed by atoms with Crippen LogP contribution in [0, 0.1) is 5.41 Å². The maximum absolute atomic E-state index is 12.8. The van der Waals surface area contributed by atoms with Crippen LogP contribution < -0.4 is 10.0 Å². The van der Waals surface area contributed by atoms with Gasteiger partial charge < -0.3 is 10.2 Å². The molecule has 3 rings (SSSR count). The molecular weight excluding hydrogens is 398 g/mol. The number of hydrogen-bond donors (Lipinski definition) is 2. The zero-order valence-electron chi connectivity index (χ0n) is 18.9. The normalized spacial score (nSPS) is 15.9. The Hall–Kier alpha value is -1.60. The molecule has 0 aromatic heterocycles. The van der Waals surface area contributed by atoms with Crippen molar-refractivity contribution in [1.29, 1.82) is 0 Å². The van der Waals surface area contributed by atoms with E-state index in [0.29, 0.717) is 6.54 Å². The van der Waals surface area contributed by atoms with Crippen LogP contribution in [0.1, 0.15) is 69.2 Å². The molecule has 6 nitrogen and oxygen atoms in total. The number of hydrogen-bond acceptors (Lipinski definition) is 4. The number of carbonyl (C=O) groups is 1. The van der Waals surface area contributed by atoms with Crippen LogP contribution in [0.2, 0.25) is 0 Å². The summed E-state index contributed by atoms with van der Waals surface area (Å²) in [5, 5.41) is 2.92. The van der Waals surface area contributed by atoms with Gasteiger partial charge in [0.15, 0.2) is 0 Å². The van der Waals surface area contributed by atoms with Crippen LogP contribution in [-0.4, -0.2) is 44.7 Å². The first kappa shape index (κ1) is 23.1. The largest absolute Gasteiger partial charge is 0.332 e. The number of sulfonamides is 1. The van der Waals surface area contributed by atoms with Crippen LogP contribution >= 0.6 is 0 Å². The smallest absolute Gasteiger partial charge is 0.307 e. The molecule has 0 atom stereocenters. The van der Waals surface area contributed by atoms with Gasteiger partial charge in [-0.05, 0) is 85.7 Å².